The van der Waals surface area contributed by atoms with Crippen LogP contribution in [0.1, 0.15) is 33.1 Å². The number of carbonyl (C=O) groups is 2. The summed E-state index contributed by atoms with van der Waals surface area (Å²) in [5, 5.41) is 13.2. The van der Waals surface area contributed by atoms with Gasteiger partial charge in [-0.1, -0.05) is 31.5 Å². The molecule has 1 unspecified atom stereocenters. The number of aliphatic hydroxyl groups is 1. The molecule has 0 aliphatic carbocycles. The van der Waals surface area contributed by atoms with Gasteiger partial charge in [-0.05, 0) is 25.5 Å². The first kappa shape index (κ1) is 15.5. The average Bonchev–Trinajstić information content (AvgIpc) is 2.77. The van der Waals surface area contributed by atoms with Crippen molar-refractivity contribution in [2.45, 2.75) is 44.8 Å². The summed E-state index contributed by atoms with van der Waals surface area (Å²) >= 11 is 0. The van der Waals surface area contributed by atoms with Crippen LogP contribution in [-0.2, 0) is 9.59 Å². The highest BCUT2D eigenvalue weighted by Crippen LogP contribution is 2.28. The summed E-state index contributed by atoms with van der Waals surface area (Å²) in [6, 6.07) is 9.04. The van der Waals surface area contributed by atoms with E-state index in [0.29, 0.717) is 12.2 Å². The molecule has 0 radical (unpaired) electrons. The zero-order valence-corrected chi connectivity index (χ0v) is 12.5. The van der Waals surface area contributed by atoms with Crippen molar-refractivity contribution < 1.29 is 14.7 Å². The Hall–Kier alpha value is -1.88. The van der Waals surface area contributed by atoms with Crippen molar-refractivity contribution in [1.82, 2.24) is 5.32 Å². The monoisotopic (exact) mass is 290 g/mol. The highest BCUT2D eigenvalue weighted by Gasteiger charge is 2.51. The molecule has 114 valence electrons. The normalized spacial score (nSPS) is 23.2. The Kier molecular flexibility index (Phi) is 4.63. The topological polar surface area (TPSA) is 69.6 Å². The van der Waals surface area contributed by atoms with Gasteiger partial charge in [-0.25, -0.2) is 0 Å². The third kappa shape index (κ3) is 3.08. The van der Waals surface area contributed by atoms with Crippen LogP contribution in [-0.4, -0.2) is 35.1 Å². The molecular weight excluding hydrogens is 268 g/mol. The van der Waals surface area contributed by atoms with Gasteiger partial charge in [-0.2, -0.15) is 0 Å². The molecule has 1 fully saturated rings. The highest BCUT2D eigenvalue weighted by atomic mass is 16.3. The van der Waals surface area contributed by atoms with Gasteiger partial charge in [0.1, 0.15) is 0 Å². The first-order valence-electron chi connectivity index (χ1n) is 7.39. The van der Waals surface area contributed by atoms with Crippen molar-refractivity contribution in [3.63, 3.8) is 0 Å². The van der Waals surface area contributed by atoms with E-state index in [-0.39, 0.29) is 12.5 Å². The zero-order chi connectivity index (χ0) is 15.5. The van der Waals surface area contributed by atoms with Crippen molar-refractivity contribution in [3.8, 4) is 0 Å². The molecule has 5 nitrogen and oxygen atoms in total. The first-order chi connectivity index (χ1) is 9.99. The molecule has 1 heterocycles. The molecule has 2 N–H and O–H groups in total. The zero-order valence-electron chi connectivity index (χ0n) is 12.5. The van der Waals surface area contributed by atoms with E-state index in [2.05, 4.69) is 5.32 Å². The SMILES string of the molecule is CCCC(C)NC(=O)[C@@]1(O)CCN(c2ccccc2)C1=O. The molecule has 1 aliphatic rings. The fourth-order valence-corrected chi connectivity index (χ4v) is 2.62. The lowest BCUT2D eigenvalue weighted by atomic mass is 10.0. The number of nitrogens with one attached hydrogen (secondary N) is 1. The minimum Gasteiger partial charge on any atom is -0.372 e. The molecule has 21 heavy (non-hydrogen) atoms. The van der Waals surface area contributed by atoms with Gasteiger partial charge in [-0.3, -0.25) is 9.59 Å². The predicted octanol–water partition coefficient (Wildman–Crippen LogP) is 1.46. The average molecular weight is 290 g/mol. The number of hydrogen-bond donors (Lipinski definition) is 2. The van der Waals surface area contributed by atoms with E-state index >= 15 is 0 Å². The lowest BCUT2D eigenvalue weighted by Gasteiger charge is -2.23. The van der Waals surface area contributed by atoms with Gasteiger partial charge < -0.3 is 15.3 Å². The number of para-hydroxylation sites is 1. The molecule has 2 amide bonds. The number of anilines is 1. The van der Waals surface area contributed by atoms with Crippen LogP contribution in [0.3, 0.4) is 0 Å². The molecule has 1 aromatic rings. The standard InChI is InChI=1S/C16H22N2O3/c1-3-7-12(2)17-14(19)16(21)10-11-18(15(16)20)13-8-5-4-6-9-13/h4-6,8-9,12,21H,3,7,10-11H2,1-2H3,(H,17,19)/t12?,16-/m0/s1. The smallest absolute Gasteiger partial charge is 0.268 e. The summed E-state index contributed by atoms with van der Waals surface area (Å²) in [5.41, 5.74) is -1.24. The fourth-order valence-electron chi connectivity index (χ4n) is 2.62. The van der Waals surface area contributed by atoms with Gasteiger partial charge in [0.25, 0.3) is 11.8 Å². The number of carbonyl (C=O) groups excluding carboxylic acids is 2. The Bertz CT molecular complexity index is 518. The molecule has 2 rings (SSSR count). The second-order valence-electron chi connectivity index (χ2n) is 5.57. The highest BCUT2D eigenvalue weighted by molar-refractivity contribution is 6.16. The van der Waals surface area contributed by atoms with Crippen LogP contribution in [0.4, 0.5) is 5.69 Å². The summed E-state index contributed by atoms with van der Waals surface area (Å²) in [5.74, 6) is -1.14. The summed E-state index contributed by atoms with van der Waals surface area (Å²) < 4.78 is 0. The van der Waals surface area contributed by atoms with Crippen molar-refractivity contribution in [1.29, 1.82) is 0 Å². The minimum absolute atomic E-state index is 0.0508. The molecule has 0 aromatic heterocycles. The number of hydrogen-bond acceptors (Lipinski definition) is 3. The van der Waals surface area contributed by atoms with Crippen LogP contribution >= 0.6 is 0 Å². The molecule has 2 atom stereocenters. The van der Waals surface area contributed by atoms with Crippen LogP contribution in [0.5, 0.6) is 0 Å². The Morgan fingerprint density at radius 2 is 2.10 bits per heavy atom. The molecule has 1 aliphatic heterocycles. The third-order valence-electron chi connectivity index (χ3n) is 3.84. The Morgan fingerprint density at radius 1 is 1.43 bits per heavy atom. The van der Waals surface area contributed by atoms with Gasteiger partial charge in [0.05, 0.1) is 0 Å². The quantitative estimate of drug-likeness (QED) is 0.807. The third-order valence-corrected chi connectivity index (χ3v) is 3.84. The lowest BCUT2D eigenvalue weighted by molar-refractivity contribution is -0.149. The fraction of sp³-hybridized carbons (Fsp3) is 0.500. The molecule has 0 saturated carbocycles. The van der Waals surface area contributed by atoms with E-state index in [1.165, 1.54) is 4.90 Å². The van der Waals surface area contributed by atoms with Crippen molar-refractivity contribution in [3.05, 3.63) is 30.3 Å². The largest absolute Gasteiger partial charge is 0.372 e. The van der Waals surface area contributed by atoms with Crippen LogP contribution in [0, 0.1) is 0 Å². The minimum atomic E-state index is -1.95. The summed E-state index contributed by atoms with van der Waals surface area (Å²) in [7, 11) is 0. The maximum Gasteiger partial charge on any atom is 0.268 e. The molecule has 0 bridgehead atoms. The van der Waals surface area contributed by atoms with E-state index in [4.69, 9.17) is 0 Å². The van der Waals surface area contributed by atoms with Crippen LogP contribution in [0.2, 0.25) is 0 Å². The van der Waals surface area contributed by atoms with Gasteiger partial charge in [-0.15, -0.1) is 0 Å². The molecular formula is C16H22N2O3. The van der Waals surface area contributed by atoms with Gasteiger partial charge >= 0.3 is 0 Å². The van der Waals surface area contributed by atoms with E-state index < -0.39 is 17.4 Å². The van der Waals surface area contributed by atoms with Gasteiger partial charge in [0.2, 0.25) is 5.60 Å². The molecule has 0 spiro atoms. The Labute approximate surface area is 125 Å². The predicted molar refractivity (Wildman–Crippen MR) is 80.9 cm³/mol. The van der Waals surface area contributed by atoms with E-state index in [1.807, 2.05) is 32.0 Å². The van der Waals surface area contributed by atoms with Crippen molar-refractivity contribution in [2.75, 3.05) is 11.4 Å². The maximum atomic E-state index is 12.4. The number of nitrogens with zero attached hydrogens (tertiary/aromatic N) is 1. The van der Waals surface area contributed by atoms with E-state index in [0.717, 1.165) is 12.8 Å². The van der Waals surface area contributed by atoms with Gasteiger partial charge in [0.15, 0.2) is 0 Å². The summed E-state index contributed by atoms with van der Waals surface area (Å²) in [4.78, 5) is 26.1. The summed E-state index contributed by atoms with van der Waals surface area (Å²) in [6.07, 6.45) is 1.87. The summed E-state index contributed by atoms with van der Waals surface area (Å²) in [6.45, 7) is 4.24. The van der Waals surface area contributed by atoms with E-state index in [9.17, 15) is 14.7 Å². The molecule has 1 saturated heterocycles. The van der Waals surface area contributed by atoms with Crippen molar-refractivity contribution >= 4 is 17.5 Å². The second-order valence-corrected chi connectivity index (χ2v) is 5.57. The van der Waals surface area contributed by atoms with E-state index in [1.54, 1.807) is 12.1 Å². The lowest BCUT2D eigenvalue weighted by Crippen LogP contribution is -2.54. The number of benzene rings is 1. The maximum absolute atomic E-state index is 12.4. The first-order valence-corrected chi connectivity index (χ1v) is 7.39. The molecule has 1 aromatic carbocycles. The number of rotatable bonds is 5. The van der Waals surface area contributed by atoms with Gasteiger partial charge in [0, 0.05) is 24.7 Å². The van der Waals surface area contributed by atoms with Crippen LogP contribution in [0.15, 0.2) is 30.3 Å². The Morgan fingerprint density at radius 3 is 2.71 bits per heavy atom. The number of amides is 2. The van der Waals surface area contributed by atoms with Crippen LogP contribution in [0.25, 0.3) is 0 Å². The Balaban J connectivity index is 2.10. The van der Waals surface area contributed by atoms with Crippen LogP contribution < -0.4 is 10.2 Å². The second kappa shape index (κ2) is 6.26. The van der Waals surface area contributed by atoms with Crippen molar-refractivity contribution in [2.24, 2.45) is 0 Å². The molecule has 5 heteroatoms.